The van der Waals surface area contributed by atoms with Crippen molar-refractivity contribution in [3.05, 3.63) is 65.2 Å². The van der Waals surface area contributed by atoms with Crippen LogP contribution < -0.4 is 15.8 Å². The number of benzene rings is 2. The Hall–Kier alpha value is -3.02. The largest absolute Gasteiger partial charge is 0.497 e. The number of hydrogen-bond acceptors (Lipinski definition) is 5. The van der Waals surface area contributed by atoms with Gasteiger partial charge in [0.25, 0.3) is 0 Å². The van der Waals surface area contributed by atoms with Gasteiger partial charge in [-0.3, -0.25) is 0 Å². The molecule has 0 unspecified atom stereocenters. The third-order valence-electron chi connectivity index (χ3n) is 5.21. The molecule has 0 spiro atoms. The number of nitrogens with zero attached hydrogens (tertiary/aromatic N) is 3. The van der Waals surface area contributed by atoms with Crippen LogP contribution in [0.3, 0.4) is 0 Å². The number of anilines is 2. The molecule has 0 saturated carbocycles. The lowest BCUT2D eigenvalue weighted by Crippen LogP contribution is -2.28. The quantitative estimate of drug-likeness (QED) is 0.728. The molecular formula is C21H25N5O. The van der Waals surface area contributed by atoms with E-state index in [0.29, 0.717) is 11.9 Å². The maximum atomic E-state index is 5.88. The van der Waals surface area contributed by atoms with Crippen molar-refractivity contribution in [2.24, 2.45) is 0 Å². The fraction of sp³-hybridized carbons (Fsp3) is 0.333. The van der Waals surface area contributed by atoms with Crippen LogP contribution in [0.25, 0.3) is 0 Å². The number of rotatable bonds is 4. The number of methoxy groups -OCH3 is 1. The summed E-state index contributed by atoms with van der Waals surface area (Å²) >= 11 is 0. The maximum absolute atomic E-state index is 5.88. The van der Waals surface area contributed by atoms with Gasteiger partial charge in [-0.1, -0.05) is 50.2 Å². The minimum atomic E-state index is 0.0827. The van der Waals surface area contributed by atoms with E-state index < -0.39 is 0 Å². The lowest BCUT2D eigenvalue weighted by atomic mass is 9.92. The molecule has 0 aliphatic carbocycles. The molecule has 6 heteroatoms. The summed E-state index contributed by atoms with van der Waals surface area (Å²) in [5, 5.41) is 7.89. The highest BCUT2D eigenvalue weighted by Crippen LogP contribution is 2.38. The van der Waals surface area contributed by atoms with Crippen molar-refractivity contribution in [2.45, 2.75) is 38.3 Å². The number of nitrogen functional groups attached to an aromatic ring is 1. The summed E-state index contributed by atoms with van der Waals surface area (Å²) in [4.78, 5) is 4.38. The van der Waals surface area contributed by atoms with E-state index in [2.05, 4.69) is 65.6 Å². The highest BCUT2D eigenvalue weighted by molar-refractivity contribution is 5.43. The van der Waals surface area contributed by atoms with Crippen LogP contribution in [0.15, 0.2) is 48.5 Å². The van der Waals surface area contributed by atoms with Crippen molar-refractivity contribution in [3.63, 3.8) is 0 Å². The minimum absolute atomic E-state index is 0.0827. The summed E-state index contributed by atoms with van der Waals surface area (Å²) in [6, 6.07) is 17.1. The zero-order valence-corrected chi connectivity index (χ0v) is 15.9. The molecule has 0 saturated heterocycles. The van der Waals surface area contributed by atoms with Gasteiger partial charge in [-0.25, -0.2) is 4.68 Å². The summed E-state index contributed by atoms with van der Waals surface area (Å²) in [5.41, 5.74) is 9.62. The Bertz CT molecular complexity index is 915. The van der Waals surface area contributed by atoms with E-state index in [1.165, 1.54) is 16.7 Å². The van der Waals surface area contributed by atoms with E-state index >= 15 is 0 Å². The van der Waals surface area contributed by atoms with Gasteiger partial charge in [0.05, 0.1) is 19.2 Å². The average molecular weight is 363 g/mol. The number of hydrogen-bond donors (Lipinski definition) is 2. The highest BCUT2D eigenvalue weighted by Gasteiger charge is 2.30. The summed E-state index contributed by atoms with van der Waals surface area (Å²) in [7, 11) is 1.68. The number of aromatic nitrogens is 3. The molecule has 3 N–H and O–H groups in total. The van der Waals surface area contributed by atoms with Gasteiger partial charge in [0, 0.05) is 0 Å². The molecule has 0 radical (unpaired) electrons. The van der Waals surface area contributed by atoms with Gasteiger partial charge in [0.15, 0.2) is 0 Å². The standard InChI is InChI=1S/C21H25N5O/c1-13(2)14-4-6-16(7-5-14)19-12-18(15-8-10-17(27-3)11-9-15)23-21-24-20(22)25-26(19)21/h4-11,13,18-19H,12H2,1-3H3,(H3,22,23,24,25)/t18-,19+/m0/s1. The Labute approximate surface area is 159 Å². The molecule has 6 nitrogen and oxygen atoms in total. The number of nitrogens with two attached hydrogens (primary N) is 1. The topological polar surface area (TPSA) is 78.0 Å². The van der Waals surface area contributed by atoms with Crippen LogP contribution in [-0.4, -0.2) is 21.9 Å². The van der Waals surface area contributed by atoms with Gasteiger partial charge in [0.1, 0.15) is 5.75 Å². The predicted molar refractivity (Wildman–Crippen MR) is 107 cm³/mol. The predicted octanol–water partition coefficient (Wildman–Crippen LogP) is 4.14. The van der Waals surface area contributed by atoms with Crippen molar-refractivity contribution in [1.29, 1.82) is 0 Å². The van der Waals surface area contributed by atoms with E-state index in [1.54, 1.807) is 7.11 Å². The second-order valence-electron chi connectivity index (χ2n) is 7.28. The number of nitrogens with one attached hydrogen (secondary N) is 1. The summed E-state index contributed by atoms with van der Waals surface area (Å²) in [5.74, 6) is 2.36. The molecule has 4 rings (SSSR count). The van der Waals surface area contributed by atoms with Gasteiger partial charge >= 0.3 is 0 Å². The number of ether oxygens (including phenoxy) is 1. The van der Waals surface area contributed by atoms with E-state index in [4.69, 9.17) is 10.5 Å². The summed E-state index contributed by atoms with van der Waals surface area (Å²) < 4.78 is 7.18. The average Bonchev–Trinajstić information content (AvgIpc) is 3.07. The highest BCUT2D eigenvalue weighted by atomic mass is 16.5. The molecule has 1 aliphatic heterocycles. The van der Waals surface area contributed by atoms with Crippen LogP contribution in [0.4, 0.5) is 11.9 Å². The van der Waals surface area contributed by atoms with Crippen LogP contribution in [0.5, 0.6) is 5.75 Å². The molecule has 0 bridgehead atoms. The fourth-order valence-electron chi connectivity index (χ4n) is 3.63. The van der Waals surface area contributed by atoms with Crippen molar-refractivity contribution >= 4 is 11.9 Å². The first-order valence-corrected chi connectivity index (χ1v) is 9.27. The molecule has 0 fully saturated rings. The molecule has 2 aromatic carbocycles. The maximum Gasteiger partial charge on any atom is 0.241 e. The molecule has 2 heterocycles. The molecule has 1 aliphatic rings. The first kappa shape index (κ1) is 17.4. The van der Waals surface area contributed by atoms with Crippen LogP contribution >= 0.6 is 0 Å². The zero-order valence-electron chi connectivity index (χ0n) is 15.9. The minimum Gasteiger partial charge on any atom is -0.497 e. The summed E-state index contributed by atoms with van der Waals surface area (Å²) in [6.45, 7) is 4.41. The SMILES string of the molecule is COc1ccc([C@@H]2C[C@H](c3ccc(C(C)C)cc3)n3nc(N)nc3N2)cc1. The van der Waals surface area contributed by atoms with Crippen molar-refractivity contribution in [2.75, 3.05) is 18.2 Å². The molecule has 3 aromatic rings. The Morgan fingerprint density at radius 3 is 2.37 bits per heavy atom. The van der Waals surface area contributed by atoms with Gasteiger partial charge in [0.2, 0.25) is 11.9 Å². The molecule has 2 atom stereocenters. The van der Waals surface area contributed by atoms with Gasteiger partial charge in [-0.05, 0) is 41.2 Å². The van der Waals surface area contributed by atoms with Gasteiger partial charge in [-0.2, -0.15) is 4.98 Å². The third kappa shape index (κ3) is 3.35. The Kier molecular flexibility index (Phi) is 4.48. The van der Waals surface area contributed by atoms with E-state index in [-0.39, 0.29) is 18.0 Å². The number of fused-ring (bicyclic) bond motifs is 1. The Morgan fingerprint density at radius 2 is 1.74 bits per heavy atom. The third-order valence-corrected chi connectivity index (χ3v) is 5.21. The van der Waals surface area contributed by atoms with Crippen molar-refractivity contribution in [3.8, 4) is 5.75 Å². The smallest absolute Gasteiger partial charge is 0.241 e. The second kappa shape index (κ2) is 6.95. The first-order valence-electron chi connectivity index (χ1n) is 9.27. The Morgan fingerprint density at radius 1 is 1.07 bits per heavy atom. The normalized spacial score (nSPS) is 18.8. The zero-order chi connectivity index (χ0) is 19.0. The van der Waals surface area contributed by atoms with Crippen LogP contribution in [0, 0.1) is 0 Å². The monoisotopic (exact) mass is 363 g/mol. The molecule has 1 aromatic heterocycles. The lowest BCUT2D eigenvalue weighted by Gasteiger charge is -2.32. The van der Waals surface area contributed by atoms with Crippen LogP contribution in [0.2, 0.25) is 0 Å². The van der Waals surface area contributed by atoms with Crippen molar-refractivity contribution in [1.82, 2.24) is 14.8 Å². The van der Waals surface area contributed by atoms with E-state index in [1.807, 2.05) is 16.8 Å². The summed E-state index contributed by atoms with van der Waals surface area (Å²) in [6.07, 6.45) is 0.864. The molecule has 140 valence electrons. The van der Waals surface area contributed by atoms with E-state index in [0.717, 1.165) is 12.2 Å². The molecule has 0 amide bonds. The Balaban J connectivity index is 1.69. The van der Waals surface area contributed by atoms with Gasteiger partial charge < -0.3 is 15.8 Å². The van der Waals surface area contributed by atoms with Crippen LogP contribution in [0.1, 0.15) is 55.0 Å². The molecule has 27 heavy (non-hydrogen) atoms. The first-order chi connectivity index (χ1) is 13.0. The fourth-order valence-corrected chi connectivity index (χ4v) is 3.63. The van der Waals surface area contributed by atoms with Gasteiger partial charge in [-0.15, -0.1) is 5.10 Å². The second-order valence-corrected chi connectivity index (χ2v) is 7.28. The van der Waals surface area contributed by atoms with Crippen LogP contribution in [-0.2, 0) is 0 Å². The van der Waals surface area contributed by atoms with E-state index in [9.17, 15) is 0 Å². The van der Waals surface area contributed by atoms with Crippen molar-refractivity contribution < 1.29 is 4.74 Å². The molecular weight excluding hydrogens is 338 g/mol. The lowest BCUT2D eigenvalue weighted by molar-refractivity contribution is 0.413.